The lowest BCUT2D eigenvalue weighted by atomic mass is 10.2. The minimum atomic E-state index is -1.21. The molecule has 17 heavy (non-hydrogen) atoms. The van der Waals surface area contributed by atoms with E-state index in [-0.39, 0.29) is 12.3 Å². The number of nitrogens with two attached hydrogens (primary N) is 1. The van der Waals surface area contributed by atoms with Crippen LogP contribution in [0, 0.1) is 4.91 Å². The average molecular weight is 275 g/mol. The van der Waals surface area contributed by atoms with Gasteiger partial charge in [0.2, 0.25) is 6.04 Å². The molecule has 2 N–H and O–H groups in total. The summed E-state index contributed by atoms with van der Waals surface area (Å²) in [7, 11) is 0. The maximum absolute atomic E-state index is 11.5. The Morgan fingerprint density at radius 1 is 1.76 bits per heavy atom. The number of hydrogen-bond donors (Lipinski definition) is 1. The van der Waals surface area contributed by atoms with Crippen molar-refractivity contribution < 1.29 is 9.53 Å². The van der Waals surface area contributed by atoms with Gasteiger partial charge in [-0.2, -0.15) is 11.8 Å². The number of hydrogen-bond acceptors (Lipinski definition) is 8. The molecule has 1 heterocycles. The summed E-state index contributed by atoms with van der Waals surface area (Å²) in [6, 6.07) is -1.21. The highest BCUT2D eigenvalue weighted by Gasteiger charge is 2.25. The lowest BCUT2D eigenvalue weighted by molar-refractivity contribution is -0.144. The van der Waals surface area contributed by atoms with E-state index in [2.05, 4.69) is 10.2 Å². The molecule has 1 unspecified atom stereocenters. The number of esters is 1. The first-order valence-corrected chi connectivity index (χ1v) is 7.00. The van der Waals surface area contributed by atoms with Gasteiger partial charge in [0.05, 0.1) is 5.69 Å². The zero-order valence-electron chi connectivity index (χ0n) is 9.29. The summed E-state index contributed by atoms with van der Waals surface area (Å²) in [4.78, 5) is 26.0. The summed E-state index contributed by atoms with van der Waals surface area (Å²) >= 11 is 2.80. The lowest BCUT2D eigenvalue weighted by Crippen LogP contribution is -2.16. The van der Waals surface area contributed by atoms with Gasteiger partial charge in [0.1, 0.15) is 6.61 Å². The van der Waals surface area contributed by atoms with Crippen molar-refractivity contribution in [3.05, 3.63) is 16.0 Å². The SMILES string of the molecule is CCSCCOC(=O)C(N=O)c1csc(N)n1. The van der Waals surface area contributed by atoms with Crippen molar-refractivity contribution in [2.24, 2.45) is 5.18 Å². The first kappa shape index (κ1) is 13.9. The highest BCUT2D eigenvalue weighted by atomic mass is 32.2. The van der Waals surface area contributed by atoms with Crippen LogP contribution in [-0.4, -0.2) is 29.1 Å². The smallest absolute Gasteiger partial charge is 0.340 e. The monoisotopic (exact) mass is 275 g/mol. The van der Waals surface area contributed by atoms with Crippen LogP contribution in [0.25, 0.3) is 0 Å². The highest BCUT2D eigenvalue weighted by Crippen LogP contribution is 2.22. The molecule has 0 radical (unpaired) electrons. The van der Waals surface area contributed by atoms with Gasteiger partial charge >= 0.3 is 5.97 Å². The third-order valence-electron chi connectivity index (χ3n) is 1.82. The molecule has 0 aliphatic rings. The Kier molecular flexibility index (Phi) is 5.92. The van der Waals surface area contributed by atoms with E-state index in [1.54, 1.807) is 11.8 Å². The van der Waals surface area contributed by atoms with E-state index in [4.69, 9.17) is 10.5 Å². The van der Waals surface area contributed by atoms with Crippen molar-refractivity contribution in [1.29, 1.82) is 0 Å². The van der Waals surface area contributed by atoms with E-state index in [9.17, 15) is 9.70 Å². The number of carbonyl (C=O) groups excluding carboxylic acids is 1. The molecule has 0 amide bonds. The number of carbonyl (C=O) groups is 1. The molecule has 1 atom stereocenters. The van der Waals surface area contributed by atoms with Crippen molar-refractivity contribution in [2.45, 2.75) is 13.0 Å². The first-order valence-electron chi connectivity index (χ1n) is 4.96. The van der Waals surface area contributed by atoms with Crippen LogP contribution in [0.2, 0.25) is 0 Å². The second-order valence-electron chi connectivity index (χ2n) is 2.98. The number of ether oxygens (including phenoxy) is 1. The van der Waals surface area contributed by atoms with Crippen LogP contribution in [0.1, 0.15) is 18.7 Å². The number of nitrogens with zero attached hydrogens (tertiary/aromatic N) is 2. The quantitative estimate of drug-likeness (QED) is 0.463. The number of anilines is 1. The second-order valence-corrected chi connectivity index (χ2v) is 5.27. The summed E-state index contributed by atoms with van der Waals surface area (Å²) in [6.07, 6.45) is 0. The molecule has 1 aromatic heterocycles. The molecular weight excluding hydrogens is 262 g/mol. The van der Waals surface area contributed by atoms with Gasteiger partial charge in [0, 0.05) is 11.1 Å². The van der Waals surface area contributed by atoms with E-state index in [0.717, 1.165) is 17.1 Å². The fraction of sp³-hybridized carbons (Fsp3) is 0.556. The van der Waals surface area contributed by atoms with Crippen LogP contribution in [0.5, 0.6) is 0 Å². The van der Waals surface area contributed by atoms with Gasteiger partial charge in [-0.15, -0.1) is 16.2 Å². The predicted molar refractivity (Wildman–Crippen MR) is 69.0 cm³/mol. The Balaban J connectivity index is 2.50. The number of thioether (sulfide) groups is 1. The number of nitroso groups, excluding NO2 is 1. The Morgan fingerprint density at radius 2 is 2.53 bits per heavy atom. The molecule has 8 heteroatoms. The molecular formula is C9H13N3O3S2. The van der Waals surface area contributed by atoms with Crippen molar-refractivity contribution in [1.82, 2.24) is 4.98 Å². The van der Waals surface area contributed by atoms with Gasteiger partial charge in [0.15, 0.2) is 5.13 Å². The maximum atomic E-state index is 11.5. The Labute approximate surface area is 107 Å². The van der Waals surface area contributed by atoms with Crippen LogP contribution in [-0.2, 0) is 9.53 Å². The Morgan fingerprint density at radius 3 is 3.06 bits per heavy atom. The van der Waals surface area contributed by atoms with Crippen molar-refractivity contribution in [3.63, 3.8) is 0 Å². The number of rotatable bonds is 7. The summed E-state index contributed by atoms with van der Waals surface area (Å²) in [5.41, 5.74) is 5.67. The molecule has 0 fully saturated rings. The van der Waals surface area contributed by atoms with E-state index in [1.165, 1.54) is 5.38 Å². The third kappa shape index (κ3) is 4.31. The zero-order chi connectivity index (χ0) is 12.7. The Bertz CT molecular complexity index is 383. The summed E-state index contributed by atoms with van der Waals surface area (Å²) in [5.74, 6) is 0.977. The topological polar surface area (TPSA) is 94.6 Å². The van der Waals surface area contributed by atoms with Crippen molar-refractivity contribution in [2.75, 3.05) is 23.8 Å². The van der Waals surface area contributed by atoms with Crippen molar-refractivity contribution in [3.8, 4) is 0 Å². The van der Waals surface area contributed by atoms with Gasteiger partial charge in [-0.1, -0.05) is 6.92 Å². The summed E-state index contributed by atoms with van der Waals surface area (Å²) in [6.45, 7) is 2.28. The molecule has 0 aromatic carbocycles. The first-order chi connectivity index (χ1) is 8.19. The maximum Gasteiger partial charge on any atom is 0.340 e. The molecule has 0 aliphatic heterocycles. The molecule has 0 aliphatic carbocycles. The highest BCUT2D eigenvalue weighted by molar-refractivity contribution is 7.99. The number of nitrogen functional groups attached to an aromatic ring is 1. The molecule has 6 nitrogen and oxygen atoms in total. The third-order valence-corrected chi connectivity index (χ3v) is 3.38. The van der Waals surface area contributed by atoms with Crippen LogP contribution in [0.4, 0.5) is 5.13 Å². The van der Waals surface area contributed by atoms with Crippen LogP contribution in [0.15, 0.2) is 10.6 Å². The van der Waals surface area contributed by atoms with Gasteiger partial charge in [0.25, 0.3) is 0 Å². The van der Waals surface area contributed by atoms with Gasteiger partial charge in [-0.3, -0.25) is 0 Å². The van der Waals surface area contributed by atoms with Gasteiger partial charge in [-0.05, 0) is 10.9 Å². The molecule has 0 saturated heterocycles. The van der Waals surface area contributed by atoms with E-state index >= 15 is 0 Å². The van der Waals surface area contributed by atoms with E-state index in [0.29, 0.717) is 10.9 Å². The van der Waals surface area contributed by atoms with Crippen LogP contribution < -0.4 is 5.73 Å². The molecule has 94 valence electrons. The average Bonchev–Trinajstić information content (AvgIpc) is 2.72. The number of thiazole rings is 1. The van der Waals surface area contributed by atoms with Gasteiger partial charge < -0.3 is 10.5 Å². The van der Waals surface area contributed by atoms with E-state index in [1.807, 2.05) is 6.92 Å². The minimum absolute atomic E-state index is 0.246. The van der Waals surface area contributed by atoms with Gasteiger partial charge in [-0.25, -0.2) is 9.78 Å². The summed E-state index contributed by atoms with van der Waals surface area (Å²) in [5, 5.41) is 4.55. The zero-order valence-corrected chi connectivity index (χ0v) is 10.9. The lowest BCUT2D eigenvalue weighted by Gasteiger charge is -2.06. The fourth-order valence-electron chi connectivity index (χ4n) is 1.07. The fourth-order valence-corrected chi connectivity index (χ4v) is 2.14. The largest absolute Gasteiger partial charge is 0.463 e. The molecule has 0 bridgehead atoms. The van der Waals surface area contributed by atoms with E-state index < -0.39 is 12.0 Å². The van der Waals surface area contributed by atoms with Crippen LogP contribution >= 0.6 is 23.1 Å². The van der Waals surface area contributed by atoms with Crippen LogP contribution in [0.3, 0.4) is 0 Å². The molecule has 1 rings (SSSR count). The summed E-state index contributed by atoms with van der Waals surface area (Å²) < 4.78 is 4.93. The standard InChI is InChI=1S/C9H13N3O3S2/c1-2-16-4-3-15-8(13)7(12-14)6-5-17-9(10)11-6/h5,7H,2-4H2,1H3,(H2,10,11). The minimum Gasteiger partial charge on any atom is -0.463 e. The second kappa shape index (κ2) is 7.23. The predicted octanol–water partition coefficient (Wildman–Crippen LogP) is 1.83. The van der Waals surface area contributed by atoms with Crippen molar-refractivity contribution >= 4 is 34.2 Å². The molecule has 0 spiro atoms. The normalized spacial score (nSPS) is 12.1. The molecule has 0 saturated carbocycles. The molecule has 1 aromatic rings. The Hall–Kier alpha value is -1.15. The number of aromatic nitrogens is 1.